The number of nitrogens with one attached hydrogen (secondary N) is 1. The number of nitrogens with zero attached hydrogens (tertiary/aromatic N) is 2. The van der Waals surface area contributed by atoms with Crippen LogP contribution in [0, 0.1) is 6.92 Å². The Bertz CT molecular complexity index is 735. The highest BCUT2D eigenvalue weighted by Crippen LogP contribution is 2.44. The maximum absolute atomic E-state index is 12.0. The molecule has 1 amide bonds. The van der Waals surface area contributed by atoms with Crippen LogP contribution in [0.2, 0.25) is 0 Å². The Labute approximate surface area is 139 Å². The van der Waals surface area contributed by atoms with Gasteiger partial charge in [0.15, 0.2) is 0 Å². The number of fused-ring (bicyclic) bond motifs is 1. The average molecular weight is 333 g/mol. The number of thioether (sulfide) groups is 1. The Morgan fingerprint density at radius 1 is 1.26 bits per heavy atom. The summed E-state index contributed by atoms with van der Waals surface area (Å²) in [6, 6.07) is 5.80. The van der Waals surface area contributed by atoms with Gasteiger partial charge in [-0.1, -0.05) is 0 Å². The fourth-order valence-corrected chi connectivity index (χ4v) is 3.96. The quantitative estimate of drug-likeness (QED) is 0.935. The molecule has 7 heteroatoms. The number of aromatic nitrogens is 2. The zero-order valence-electron chi connectivity index (χ0n) is 13.5. The normalized spacial score (nSPS) is 17.2. The van der Waals surface area contributed by atoms with Gasteiger partial charge in [-0.25, -0.2) is 0 Å². The van der Waals surface area contributed by atoms with Crippen molar-refractivity contribution < 1.29 is 14.3 Å². The lowest BCUT2D eigenvalue weighted by Crippen LogP contribution is -2.15. The van der Waals surface area contributed by atoms with Gasteiger partial charge in [0.1, 0.15) is 17.3 Å². The topological polar surface area (TPSA) is 65.4 Å². The number of anilines is 1. The van der Waals surface area contributed by atoms with Gasteiger partial charge in [-0.05, 0) is 24.6 Å². The van der Waals surface area contributed by atoms with Gasteiger partial charge in [-0.15, -0.1) is 11.8 Å². The second-order valence-corrected chi connectivity index (χ2v) is 6.45. The highest BCUT2D eigenvalue weighted by molar-refractivity contribution is 8.00. The van der Waals surface area contributed by atoms with Crippen LogP contribution in [-0.2, 0) is 11.8 Å². The van der Waals surface area contributed by atoms with Crippen molar-refractivity contribution in [3.63, 3.8) is 0 Å². The number of carbonyl (C=O) groups excluding carboxylic acids is 1. The van der Waals surface area contributed by atoms with Crippen molar-refractivity contribution in [1.82, 2.24) is 9.78 Å². The van der Waals surface area contributed by atoms with E-state index in [1.165, 1.54) is 0 Å². The Kier molecular flexibility index (Phi) is 4.21. The van der Waals surface area contributed by atoms with E-state index >= 15 is 0 Å². The summed E-state index contributed by atoms with van der Waals surface area (Å²) in [4.78, 5) is 12.0. The molecular formula is C16H19N3O3S. The summed E-state index contributed by atoms with van der Waals surface area (Å²) < 4.78 is 12.5. The van der Waals surface area contributed by atoms with E-state index < -0.39 is 0 Å². The Morgan fingerprint density at radius 2 is 1.91 bits per heavy atom. The van der Waals surface area contributed by atoms with Crippen LogP contribution in [0.1, 0.15) is 22.1 Å². The van der Waals surface area contributed by atoms with Gasteiger partial charge in [0.2, 0.25) is 5.91 Å². The molecule has 23 heavy (non-hydrogen) atoms. The summed E-state index contributed by atoms with van der Waals surface area (Å²) in [5, 5.41) is 7.39. The number of rotatable bonds is 3. The van der Waals surface area contributed by atoms with Crippen molar-refractivity contribution in [1.29, 1.82) is 0 Å². The van der Waals surface area contributed by atoms with Crippen molar-refractivity contribution in [2.75, 3.05) is 25.3 Å². The molecule has 6 nitrogen and oxygen atoms in total. The van der Waals surface area contributed by atoms with Crippen molar-refractivity contribution in [3.05, 3.63) is 35.0 Å². The van der Waals surface area contributed by atoms with Crippen molar-refractivity contribution in [3.8, 4) is 11.5 Å². The maximum atomic E-state index is 12.0. The summed E-state index contributed by atoms with van der Waals surface area (Å²) in [6.45, 7) is 1.96. The highest BCUT2D eigenvalue weighted by Gasteiger charge is 2.29. The molecule has 0 saturated heterocycles. The number of amides is 1. The summed E-state index contributed by atoms with van der Waals surface area (Å²) in [5.74, 6) is 2.58. The number of ether oxygens (including phenoxy) is 2. The molecule has 0 spiro atoms. The average Bonchev–Trinajstić information content (AvgIpc) is 2.73. The molecule has 0 bridgehead atoms. The fraction of sp³-hybridized carbons (Fsp3) is 0.375. The second kappa shape index (κ2) is 6.16. The zero-order valence-corrected chi connectivity index (χ0v) is 14.4. The first kappa shape index (κ1) is 15.7. The van der Waals surface area contributed by atoms with Crippen molar-refractivity contribution in [2.24, 2.45) is 7.05 Å². The van der Waals surface area contributed by atoms with E-state index in [1.54, 1.807) is 30.7 Å². The molecule has 0 aliphatic carbocycles. The molecule has 1 N–H and O–H groups in total. The standard InChI is InChI=1S/C16H19N3O3S/c1-9-14-15(10-5-11(21-3)7-12(6-10)22-4)23-8-13(20)17-16(14)19(2)18-9/h5-7,15H,8H2,1-4H3,(H,17,20)/t15-/m1/s1. The number of hydrogen-bond acceptors (Lipinski definition) is 5. The minimum atomic E-state index is -0.0170. The molecule has 1 aliphatic heterocycles. The minimum absolute atomic E-state index is 0.0124. The summed E-state index contributed by atoms with van der Waals surface area (Å²) in [5.41, 5.74) is 2.96. The molecular weight excluding hydrogens is 314 g/mol. The van der Waals surface area contributed by atoms with Crippen LogP contribution in [0.25, 0.3) is 0 Å². The molecule has 0 unspecified atom stereocenters. The third-order valence-electron chi connectivity index (χ3n) is 3.85. The number of methoxy groups -OCH3 is 2. The molecule has 0 radical (unpaired) electrons. The summed E-state index contributed by atoms with van der Waals surface area (Å²) >= 11 is 1.58. The largest absolute Gasteiger partial charge is 0.497 e. The molecule has 122 valence electrons. The Morgan fingerprint density at radius 3 is 2.52 bits per heavy atom. The van der Waals surface area contributed by atoms with Gasteiger partial charge in [0.05, 0.1) is 30.9 Å². The predicted octanol–water partition coefficient (Wildman–Crippen LogP) is 2.52. The molecule has 2 heterocycles. The van der Waals surface area contributed by atoms with E-state index in [1.807, 2.05) is 32.2 Å². The van der Waals surface area contributed by atoms with Crippen LogP contribution in [0.5, 0.6) is 11.5 Å². The van der Waals surface area contributed by atoms with Gasteiger partial charge in [0, 0.05) is 18.7 Å². The molecule has 0 saturated carbocycles. The molecule has 1 aromatic carbocycles. The molecule has 3 rings (SSSR count). The molecule has 1 aliphatic rings. The Hall–Kier alpha value is -2.15. The molecule has 1 atom stereocenters. The number of carbonyl (C=O) groups is 1. The van der Waals surface area contributed by atoms with Crippen LogP contribution in [0.4, 0.5) is 5.82 Å². The monoisotopic (exact) mass is 333 g/mol. The number of aryl methyl sites for hydroxylation is 2. The third kappa shape index (κ3) is 2.88. The molecule has 0 fully saturated rings. The van der Waals surface area contributed by atoms with E-state index in [0.29, 0.717) is 5.75 Å². The fourth-order valence-electron chi connectivity index (χ4n) is 2.79. The van der Waals surface area contributed by atoms with Crippen LogP contribution < -0.4 is 14.8 Å². The summed E-state index contributed by atoms with van der Waals surface area (Å²) in [6.07, 6.45) is 0. The number of benzene rings is 1. The zero-order chi connectivity index (χ0) is 16.6. The van der Waals surface area contributed by atoms with Crippen LogP contribution in [0.15, 0.2) is 18.2 Å². The maximum Gasteiger partial charge on any atom is 0.235 e. The Balaban J connectivity index is 2.15. The van der Waals surface area contributed by atoms with Gasteiger partial charge in [-0.2, -0.15) is 5.10 Å². The van der Waals surface area contributed by atoms with Crippen LogP contribution in [0.3, 0.4) is 0 Å². The first-order valence-electron chi connectivity index (χ1n) is 7.21. The lowest BCUT2D eigenvalue weighted by molar-refractivity contribution is -0.113. The van der Waals surface area contributed by atoms with E-state index in [0.717, 1.165) is 34.1 Å². The number of hydrogen-bond donors (Lipinski definition) is 1. The lowest BCUT2D eigenvalue weighted by atomic mass is 10.0. The van der Waals surface area contributed by atoms with Gasteiger partial charge in [-0.3, -0.25) is 9.48 Å². The van der Waals surface area contributed by atoms with Gasteiger partial charge in [0.25, 0.3) is 0 Å². The SMILES string of the molecule is COc1cc(OC)cc([C@H]2SCC(=O)Nc3c2c(C)nn3C)c1. The van der Waals surface area contributed by atoms with E-state index in [-0.39, 0.29) is 11.2 Å². The van der Waals surface area contributed by atoms with Gasteiger partial charge < -0.3 is 14.8 Å². The highest BCUT2D eigenvalue weighted by atomic mass is 32.2. The third-order valence-corrected chi connectivity index (χ3v) is 5.12. The summed E-state index contributed by atoms with van der Waals surface area (Å²) in [7, 11) is 5.10. The lowest BCUT2D eigenvalue weighted by Gasteiger charge is -2.17. The van der Waals surface area contributed by atoms with E-state index in [4.69, 9.17) is 9.47 Å². The van der Waals surface area contributed by atoms with Gasteiger partial charge >= 0.3 is 0 Å². The van der Waals surface area contributed by atoms with Crippen LogP contribution in [-0.4, -0.2) is 35.7 Å². The van der Waals surface area contributed by atoms with Crippen molar-refractivity contribution >= 4 is 23.5 Å². The van der Waals surface area contributed by atoms with E-state index in [2.05, 4.69) is 10.4 Å². The molecule has 1 aromatic heterocycles. The van der Waals surface area contributed by atoms with E-state index in [9.17, 15) is 4.79 Å². The predicted molar refractivity (Wildman–Crippen MR) is 90.4 cm³/mol. The second-order valence-electron chi connectivity index (χ2n) is 5.36. The first-order chi connectivity index (χ1) is 11.0. The minimum Gasteiger partial charge on any atom is -0.497 e. The van der Waals surface area contributed by atoms with Crippen molar-refractivity contribution in [2.45, 2.75) is 12.2 Å². The van der Waals surface area contributed by atoms with Crippen LogP contribution >= 0.6 is 11.8 Å². The molecule has 2 aromatic rings. The smallest absolute Gasteiger partial charge is 0.235 e. The first-order valence-corrected chi connectivity index (χ1v) is 8.26.